The van der Waals surface area contributed by atoms with Crippen molar-refractivity contribution in [2.24, 2.45) is 0 Å². The zero-order valence-electron chi connectivity index (χ0n) is 14.6. The van der Waals surface area contributed by atoms with Gasteiger partial charge in [-0.1, -0.05) is 43.5 Å². The first-order valence-electron chi connectivity index (χ1n) is 9.12. The molecule has 4 heteroatoms. The largest absolute Gasteiger partial charge is 0.481 e. The fourth-order valence-electron chi connectivity index (χ4n) is 3.61. The number of rotatable bonds is 9. The monoisotopic (exact) mass is 331 g/mol. The van der Waals surface area contributed by atoms with E-state index in [1.54, 1.807) is 0 Å². The molecule has 4 nitrogen and oxygen atoms in total. The summed E-state index contributed by atoms with van der Waals surface area (Å²) < 4.78 is 0. The van der Waals surface area contributed by atoms with Gasteiger partial charge >= 0.3 is 5.97 Å². The first kappa shape index (κ1) is 18.5. The molecule has 24 heavy (non-hydrogen) atoms. The number of fused-ring (bicyclic) bond motifs is 1. The Labute approximate surface area is 144 Å². The molecule has 1 aromatic carbocycles. The predicted molar refractivity (Wildman–Crippen MR) is 95.1 cm³/mol. The molecule has 0 saturated carbocycles. The lowest BCUT2D eigenvalue weighted by Gasteiger charge is -2.34. The van der Waals surface area contributed by atoms with Crippen molar-refractivity contribution in [1.29, 1.82) is 0 Å². The highest BCUT2D eigenvalue weighted by Crippen LogP contribution is 2.37. The van der Waals surface area contributed by atoms with Crippen molar-refractivity contribution in [2.45, 2.75) is 70.1 Å². The normalized spacial score (nSPS) is 19.5. The molecular formula is C20H29NO3. The molecule has 0 bridgehead atoms. The Hall–Kier alpha value is -1.84. The molecule has 2 N–H and O–H groups in total. The molecule has 0 aromatic heterocycles. The molecule has 0 spiro atoms. The van der Waals surface area contributed by atoms with Crippen LogP contribution in [0.3, 0.4) is 0 Å². The van der Waals surface area contributed by atoms with Gasteiger partial charge in [0.25, 0.3) is 0 Å². The lowest BCUT2D eigenvalue weighted by molar-refractivity contribution is -0.137. The predicted octanol–water partition coefficient (Wildman–Crippen LogP) is 3.82. The van der Waals surface area contributed by atoms with Crippen LogP contribution < -0.4 is 5.32 Å². The lowest BCUT2D eigenvalue weighted by atomic mass is 9.70. The van der Waals surface area contributed by atoms with Crippen LogP contribution in [0.4, 0.5) is 0 Å². The maximum absolute atomic E-state index is 12.7. The number of amides is 1. The van der Waals surface area contributed by atoms with Crippen LogP contribution in [0.1, 0.15) is 69.4 Å². The van der Waals surface area contributed by atoms with Gasteiger partial charge in [0.15, 0.2) is 0 Å². The summed E-state index contributed by atoms with van der Waals surface area (Å²) in [5.41, 5.74) is 2.08. The van der Waals surface area contributed by atoms with E-state index in [1.807, 2.05) is 12.1 Å². The van der Waals surface area contributed by atoms with Gasteiger partial charge in [-0.2, -0.15) is 0 Å². The molecule has 1 aliphatic carbocycles. The van der Waals surface area contributed by atoms with E-state index in [-0.39, 0.29) is 12.3 Å². The topological polar surface area (TPSA) is 66.4 Å². The average molecular weight is 331 g/mol. The Morgan fingerprint density at radius 1 is 1.12 bits per heavy atom. The quantitative estimate of drug-likeness (QED) is 0.676. The van der Waals surface area contributed by atoms with Crippen LogP contribution in [-0.4, -0.2) is 23.5 Å². The molecule has 1 amide bonds. The van der Waals surface area contributed by atoms with Crippen LogP contribution in [-0.2, 0) is 21.4 Å². The van der Waals surface area contributed by atoms with E-state index >= 15 is 0 Å². The third-order valence-corrected chi connectivity index (χ3v) is 5.09. The number of aliphatic carboxylic acids is 1. The Morgan fingerprint density at radius 3 is 2.62 bits per heavy atom. The summed E-state index contributed by atoms with van der Waals surface area (Å²) in [5.74, 6) is -0.580. The van der Waals surface area contributed by atoms with E-state index in [0.29, 0.717) is 6.54 Å². The Kier molecular flexibility index (Phi) is 6.83. The first-order valence-corrected chi connectivity index (χ1v) is 9.12. The molecule has 0 fully saturated rings. The number of benzene rings is 1. The van der Waals surface area contributed by atoms with Gasteiger partial charge in [0.1, 0.15) is 0 Å². The molecule has 0 aliphatic heterocycles. The summed E-state index contributed by atoms with van der Waals surface area (Å²) in [7, 11) is 0. The second-order valence-corrected chi connectivity index (χ2v) is 7.01. The number of nitrogens with one attached hydrogen (secondary N) is 1. The standard InChI is InChI=1S/C20H29NO3/c1-20(14-9-11-16-10-6-7-12-17(16)20)19(24)21-15-8-4-2-3-5-13-18(22)23/h6-7,10,12H,2-5,8-9,11,13-15H2,1H3,(H,21,24)(H,22,23). The summed E-state index contributed by atoms with van der Waals surface area (Å²) in [6, 6.07) is 8.30. The van der Waals surface area contributed by atoms with E-state index in [9.17, 15) is 9.59 Å². The summed E-state index contributed by atoms with van der Waals surface area (Å²) in [4.78, 5) is 23.1. The van der Waals surface area contributed by atoms with Crippen molar-refractivity contribution in [3.63, 3.8) is 0 Å². The molecule has 132 valence electrons. The van der Waals surface area contributed by atoms with Crippen LogP contribution in [0, 0.1) is 0 Å². The van der Waals surface area contributed by atoms with Crippen molar-refractivity contribution in [1.82, 2.24) is 5.32 Å². The van der Waals surface area contributed by atoms with Crippen molar-refractivity contribution < 1.29 is 14.7 Å². The minimum atomic E-state index is -0.719. The molecule has 1 aliphatic rings. The molecule has 0 radical (unpaired) electrons. The second kappa shape index (κ2) is 8.86. The van der Waals surface area contributed by atoms with Crippen LogP contribution in [0.25, 0.3) is 0 Å². The highest BCUT2D eigenvalue weighted by atomic mass is 16.4. The zero-order valence-corrected chi connectivity index (χ0v) is 14.6. The van der Waals surface area contributed by atoms with Gasteiger partial charge in [0.05, 0.1) is 5.41 Å². The lowest BCUT2D eigenvalue weighted by Crippen LogP contribution is -2.44. The summed E-state index contributed by atoms with van der Waals surface area (Å²) >= 11 is 0. The van der Waals surface area contributed by atoms with Crippen LogP contribution in [0.2, 0.25) is 0 Å². The number of aryl methyl sites for hydroxylation is 1. The summed E-state index contributed by atoms with van der Waals surface area (Å²) in [6.45, 7) is 2.77. The maximum Gasteiger partial charge on any atom is 0.303 e. The van der Waals surface area contributed by atoms with Crippen LogP contribution in [0.5, 0.6) is 0 Å². The number of carboxylic acids is 1. The summed E-state index contributed by atoms with van der Waals surface area (Å²) in [5, 5.41) is 11.7. The number of carbonyl (C=O) groups excluding carboxylic acids is 1. The molecule has 2 rings (SSSR count). The Balaban J connectivity index is 1.72. The number of carbonyl (C=O) groups is 2. The highest BCUT2D eigenvalue weighted by Gasteiger charge is 2.38. The fraction of sp³-hybridized carbons (Fsp3) is 0.600. The molecular weight excluding hydrogens is 302 g/mol. The van der Waals surface area contributed by atoms with Gasteiger partial charge in [-0.05, 0) is 50.2 Å². The SMILES string of the molecule is CC1(C(=O)NCCCCCCCC(=O)O)CCCc2ccccc21. The van der Waals surface area contributed by atoms with Gasteiger partial charge in [0.2, 0.25) is 5.91 Å². The zero-order chi connectivity index (χ0) is 17.4. The third-order valence-electron chi connectivity index (χ3n) is 5.09. The van der Waals surface area contributed by atoms with Crippen molar-refractivity contribution in [2.75, 3.05) is 6.54 Å². The molecule has 1 aromatic rings. The van der Waals surface area contributed by atoms with Crippen molar-refractivity contribution in [3.8, 4) is 0 Å². The van der Waals surface area contributed by atoms with Gasteiger partial charge in [-0.25, -0.2) is 0 Å². The Bertz CT molecular complexity index is 570. The van der Waals surface area contributed by atoms with Gasteiger partial charge in [-0.3, -0.25) is 9.59 Å². The maximum atomic E-state index is 12.7. The number of hydrogen-bond acceptors (Lipinski definition) is 2. The number of unbranched alkanes of at least 4 members (excludes halogenated alkanes) is 4. The fourth-order valence-corrected chi connectivity index (χ4v) is 3.61. The van der Waals surface area contributed by atoms with E-state index in [0.717, 1.165) is 51.4 Å². The average Bonchev–Trinajstić information content (AvgIpc) is 2.57. The first-order chi connectivity index (χ1) is 11.5. The van der Waals surface area contributed by atoms with E-state index in [2.05, 4.69) is 24.4 Å². The van der Waals surface area contributed by atoms with Crippen LogP contribution >= 0.6 is 0 Å². The van der Waals surface area contributed by atoms with E-state index in [4.69, 9.17) is 5.11 Å². The van der Waals surface area contributed by atoms with Crippen LogP contribution in [0.15, 0.2) is 24.3 Å². The smallest absolute Gasteiger partial charge is 0.303 e. The Morgan fingerprint density at radius 2 is 1.83 bits per heavy atom. The van der Waals surface area contributed by atoms with Gasteiger partial charge < -0.3 is 10.4 Å². The van der Waals surface area contributed by atoms with E-state index in [1.165, 1.54) is 11.1 Å². The van der Waals surface area contributed by atoms with E-state index < -0.39 is 11.4 Å². The molecule has 0 heterocycles. The molecule has 1 unspecified atom stereocenters. The molecule has 0 saturated heterocycles. The minimum Gasteiger partial charge on any atom is -0.481 e. The minimum absolute atomic E-state index is 0.139. The third kappa shape index (κ3) is 4.83. The highest BCUT2D eigenvalue weighted by molar-refractivity contribution is 5.88. The van der Waals surface area contributed by atoms with Gasteiger partial charge in [0, 0.05) is 13.0 Å². The van der Waals surface area contributed by atoms with Crippen molar-refractivity contribution >= 4 is 11.9 Å². The number of hydrogen-bond donors (Lipinski definition) is 2. The second-order valence-electron chi connectivity index (χ2n) is 7.01. The summed E-state index contributed by atoms with van der Waals surface area (Å²) in [6.07, 6.45) is 8.01. The number of carboxylic acid groups (broad SMARTS) is 1. The molecule has 1 atom stereocenters. The van der Waals surface area contributed by atoms with Gasteiger partial charge in [-0.15, -0.1) is 0 Å². The van der Waals surface area contributed by atoms with Crippen molar-refractivity contribution in [3.05, 3.63) is 35.4 Å².